The standard InChI is InChI=1S/C30H29NO.ClH/c1-32-27-16-12-23(13-17-27)7-6-20-31-21-18-26(19-22-31)30-28-10-4-2-8-24(28)14-15-25-9-3-5-11-29(25)30;/h2-17H,18-22H2,1H3;1H. The van der Waals surface area contributed by atoms with Gasteiger partial charge >= 0.3 is 0 Å². The van der Waals surface area contributed by atoms with Crippen molar-refractivity contribution in [3.8, 4) is 5.75 Å². The van der Waals surface area contributed by atoms with Crippen molar-refractivity contribution in [2.45, 2.75) is 12.8 Å². The van der Waals surface area contributed by atoms with Crippen molar-refractivity contribution in [1.29, 1.82) is 0 Å². The second-order valence-electron chi connectivity index (χ2n) is 8.46. The molecule has 0 radical (unpaired) electrons. The van der Waals surface area contributed by atoms with Crippen LogP contribution in [0.25, 0.3) is 23.8 Å². The van der Waals surface area contributed by atoms with Gasteiger partial charge in [0.15, 0.2) is 0 Å². The Morgan fingerprint density at radius 2 is 1.36 bits per heavy atom. The molecule has 1 fully saturated rings. The molecule has 0 bridgehead atoms. The fraction of sp³-hybridized carbons (Fsp3) is 0.200. The van der Waals surface area contributed by atoms with Crippen LogP contribution in [0.5, 0.6) is 5.75 Å². The Bertz CT molecular complexity index is 1130. The van der Waals surface area contributed by atoms with E-state index in [0.29, 0.717) is 0 Å². The Morgan fingerprint density at radius 3 is 1.94 bits per heavy atom. The number of nitrogens with zero attached hydrogens (tertiary/aromatic N) is 1. The lowest BCUT2D eigenvalue weighted by Gasteiger charge is -2.29. The highest BCUT2D eigenvalue weighted by atomic mass is 35.5. The van der Waals surface area contributed by atoms with Gasteiger partial charge in [-0.05, 0) is 58.4 Å². The third-order valence-electron chi connectivity index (χ3n) is 6.51. The first-order chi connectivity index (χ1) is 15.8. The summed E-state index contributed by atoms with van der Waals surface area (Å²) in [7, 11) is 1.70. The molecule has 33 heavy (non-hydrogen) atoms. The maximum atomic E-state index is 5.24. The lowest BCUT2D eigenvalue weighted by atomic mass is 9.86. The summed E-state index contributed by atoms with van der Waals surface area (Å²) in [5.41, 5.74) is 9.63. The molecule has 2 nitrogen and oxygen atoms in total. The molecule has 3 aromatic carbocycles. The van der Waals surface area contributed by atoms with Crippen LogP contribution in [0.1, 0.15) is 40.7 Å². The Labute approximate surface area is 203 Å². The topological polar surface area (TPSA) is 12.5 Å². The molecule has 0 N–H and O–H groups in total. The molecule has 0 saturated carbocycles. The third kappa shape index (κ3) is 5.13. The first-order valence-electron chi connectivity index (χ1n) is 11.4. The van der Waals surface area contributed by atoms with E-state index in [1.807, 2.05) is 12.1 Å². The van der Waals surface area contributed by atoms with Gasteiger partial charge in [-0.1, -0.05) is 90.5 Å². The molecule has 0 aromatic heterocycles. The SMILES string of the molecule is COc1ccc(C=CCN2CCC(=C3c4ccccc4C=Cc4ccccc43)CC2)cc1.Cl. The average molecular weight is 456 g/mol. The first kappa shape index (κ1) is 23.1. The van der Waals surface area contributed by atoms with Gasteiger partial charge in [-0.3, -0.25) is 4.90 Å². The van der Waals surface area contributed by atoms with Gasteiger partial charge in [0.1, 0.15) is 5.75 Å². The Balaban J connectivity index is 0.00000259. The molecule has 1 saturated heterocycles. The van der Waals surface area contributed by atoms with Crippen molar-refractivity contribution in [2.24, 2.45) is 0 Å². The number of benzene rings is 3. The summed E-state index contributed by atoms with van der Waals surface area (Å²) < 4.78 is 5.24. The van der Waals surface area contributed by atoms with Crippen molar-refractivity contribution in [3.63, 3.8) is 0 Å². The molecule has 0 atom stereocenters. The van der Waals surface area contributed by atoms with Crippen molar-refractivity contribution in [2.75, 3.05) is 26.7 Å². The predicted molar refractivity (Wildman–Crippen MR) is 143 cm³/mol. The van der Waals surface area contributed by atoms with Crippen LogP contribution in [0.15, 0.2) is 84.4 Å². The van der Waals surface area contributed by atoms with Crippen molar-refractivity contribution in [1.82, 2.24) is 4.90 Å². The van der Waals surface area contributed by atoms with Crippen molar-refractivity contribution >= 4 is 36.2 Å². The molecule has 0 spiro atoms. The van der Waals surface area contributed by atoms with E-state index < -0.39 is 0 Å². The second kappa shape index (κ2) is 10.7. The molecule has 2 aliphatic rings. The summed E-state index contributed by atoms with van der Waals surface area (Å²) in [6, 6.07) is 25.9. The largest absolute Gasteiger partial charge is 0.497 e. The summed E-state index contributed by atoms with van der Waals surface area (Å²) in [5, 5.41) is 0. The number of hydrogen-bond donors (Lipinski definition) is 0. The van der Waals surface area contributed by atoms with Crippen LogP contribution in [-0.4, -0.2) is 31.6 Å². The van der Waals surface area contributed by atoms with Crippen LogP contribution in [0, 0.1) is 0 Å². The lowest BCUT2D eigenvalue weighted by molar-refractivity contribution is 0.284. The van der Waals surface area contributed by atoms with Gasteiger partial charge in [-0.25, -0.2) is 0 Å². The molecule has 1 aliphatic carbocycles. The van der Waals surface area contributed by atoms with E-state index in [9.17, 15) is 0 Å². The van der Waals surface area contributed by atoms with Gasteiger partial charge in [-0.15, -0.1) is 12.4 Å². The number of hydrogen-bond acceptors (Lipinski definition) is 2. The van der Waals surface area contributed by atoms with Gasteiger partial charge in [-0.2, -0.15) is 0 Å². The van der Waals surface area contributed by atoms with E-state index in [1.54, 1.807) is 12.7 Å². The van der Waals surface area contributed by atoms with Gasteiger partial charge in [0.05, 0.1) is 7.11 Å². The molecule has 3 heteroatoms. The highest BCUT2D eigenvalue weighted by Gasteiger charge is 2.21. The van der Waals surface area contributed by atoms with E-state index in [0.717, 1.165) is 38.2 Å². The number of piperidine rings is 1. The van der Waals surface area contributed by atoms with Crippen LogP contribution < -0.4 is 4.74 Å². The average Bonchev–Trinajstić information content (AvgIpc) is 3.02. The molecule has 168 valence electrons. The minimum Gasteiger partial charge on any atom is -0.497 e. The fourth-order valence-electron chi connectivity index (χ4n) is 4.75. The molecule has 0 amide bonds. The predicted octanol–water partition coefficient (Wildman–Crippen LogP) is 7.21. The quantitative estimate of drug-likeness (QED) is 0.322. The zero-order chi connectivity index (χ0) is 21.8. The fourth-order valence-corrected chi connectivity index (χ4v) is 4.75. The number of rotatable bonds is 4. The highest BCUT2D eigenvalue weighted by molar-refractivity contribution is 5.94. The molecule has 5 rings (SSSR count). The first-order valence-corrected chi connectivity index (χ1v) is 11.4. The molecule has 3 aromatic rings. The summed E-state index contributed by atoms with van der Waals surface area (Å²) >= 11 is 0. The smallest absolute Gasteiger partial charge is 0.118 e. The maximum Gasteiger partial charge on any atom is 0.118 e. The number of ether oxygens (including phenoxy) is 1. The molecular weight excluding hydrogens is 426 g/mol. The van der Waals surface area contributed by atoms with Crippen molar-refractivity contribution in [3.05, 3.63) is 112 Å². The summed E-state index contributed by atoms with van der Waals surface area (Å²) in [6.07, 6.45) is 11.3. The van der Waals surface area contributed by atoms with E-state index in [-0.39, 0.29) is 12.4 Å². The summed E-state index contributed by atoms with van der Waals surface area (Å²) in [4.78, 5) is 2.55. The summed E-state index contributed by atoms with van der Waals surface area (Å²) in [6.45, 7) is 3.19. The zero-order valence-corrected chi connectivity index (χ0v) is 19.9. The number of likely N-dealkylation sites (tertiary alicyclic amines) is 1. The van der Waals surface area contributed by atoms with Gasteiger partial charge in [0.2, 0.25) is 0 Å². The Kier molecular flexibility index (Phi) is 7.49. The van der Waals surface area contributed by atoms with E-state index in [4.69, 9.17) is 4.74 Å². The normalized spacial score (nSPS) is 15.5. The maximum absolute atomic E-state index is 5.24. The Hall–Kier alpha value is -3.07. The second-order valence-corrected chi connectivity index (χ2v) is 8.46. The number of halogens is 1. The lowest BCUT2D eigenvalue weighted by Crippen LogP contribution is -2.31. The zero-order valence-electron chi connectivity index (χ0n) is 19.0. The molecule has 1 heterocycles. The molecule has 1 aliphatic heterocycles. The number of fused-ring (bicyclic) bond motifs is 2. The highest BCUT2D eigenvalue weighted by Crippen LogP contribution is 2.38. The van der Waals surface area contributed by atoms with E-state index in [1.165, 1.54) is 33.4 Å². The van der Waals surface area contributed by atoms with Gasteiger partial charge in [0, 0.05) is 19.6 Å². The summed E-state index contributed by atoms with van der Waals surface area (Å²) in [5.74, 6) is 0.899. The van der Waals surface area contributed by atoms with Crippen LogP contribution >= 0.6 is 12.4 Å². The monoisotopic (exact) mass is 455 g/mol. The molecular formula is C30H30ClNO. The number of methoxy groups -OCH3 is 1. The molecule has 0 unspecified atom stereocenters. The van der Waals surface area contributed by atoms with Crippen LogP contribution in [0.3, 0.4) is 0 Å². The van der Waals surface area contributed by atoms with Crippen molar-refractivity contribution < 1.29 is 4.74 Å². The third-order valence-corrected chi connectivity index (χ3v) is 6.51. The van der Waals surface area contributed by atoms with E-state index >= 15 is 0 Å². The van der Waals surface area contributed by atoms with Gasteiger partial charge < -0.3 is 4.74 Å². The minimum atomic E-state index is 0. The van der Waals surface area contributed by atoms with Crippen LogP contribution in [0.2, 0.25) is 0 Å². The minimum absolute atomic E-state index is 0. The Morgan fingerprint density at radius 1 is 0.788 bits per heavy atom. The van der Waals surface area contributed by atoms with Crippen LogP contribution in [0.4, 0.5) is 0 Å². The van der Waals surface area contributed by atoms with Crippen LogP contribution in [-0.2, 0) is 0 Å². The van der Waals surface area contributed by atoms with E-state index in [2.05, 4.69) is 89.9 Å². The van der Waals surface area contributed by atoms with Gasteiger partial charge in [0.25, 0.3) is 0 Å².